The lowest BCUT2D eigenvalue weighted by Gasteiger charge is -2.11. The number of ether oxygens (including phenoxy) is 3. The fourth-order valence-corrected chi connectivity index (χ4v) is 3.36. The Kier molecular flexibility index (Phi) is 5.09. The average Bonchev–Trinajstić information content (AvgIpc) is 3.04. The van der Waals surface area contributed by atoms with E-state index in [2.05, 4.69) is 0 Å². The van der Waals surface area contributed by atoms with E-state index in [1.165, 1.54) is 5.56 Å². The monoisotopic (exact) mass is 386 g/mol. The van der Waals surface area contributed by atoms with E-state index in [1.807, 2.05) is 68.4 Å². The molecule has 1 aliphatic heterocycles. The maximum absolute atomic E-state index is 12.8. The van der Waals surface area contributed by atoms with Gasteiger partial charge < -0.3 is 14.2 Å². The molecule has 0 bridgehead atoms. The predicted octanol–water partition coefficient (Wildman–Crippen LogP) is 5.51. The summed E-state index contributed by atoms with van der Waals surface area (Å²) in [6.45, 7) is 4.28. The van der Waals surface area contributed by atoms with Crippen LogP contribution >= 0.6 is 0 Å². The van der Waals surface area contributed by atoms with Crippen LogP contribution in [0.5, 0.6) is 17.2 Å². The number of allylic oxidation sites excluding steroid dienone is 1. The normalized spacial score (nSPS) is 13.9. The molecule has 0 saturated carbocycles. The number of aryl methyl sites for hydroxylation is 2. The molecule has 0 aliphatic carbocycles. The number of hydrogen-bond acceptors (Lipinski definition) is 4. The van der Waals surface area contributed by atoms with Crippen molar-refractivity contribution in [1.29, 1.82) is 0 Å². The number of fused-ring (bicyclic) bond motifs is 1. The van der Waals surface area contributed by atoms with Crippen LogP contribution in [-0.2, 0) is 6.61 Å². The van der Waals surface area contributed by atoms with Crippen molar-refractivity contribution < 1.29 is 19.0 Å². The van der Waals surface area contributed by atoms with Gasteiger partial charge in [-0.15, -0.1) is 0 Å². The van der Waals surface area contributed by atoms with Crippen molar-refractivity contribution in [3.05, 3.63) is 94.2 Å². The summed E-state index contributed by atoms with van der Waals surface area (Å²) in [6, 6.07) is 19.3. The second kappa shape index (κ2) is 7.84. The first-order valence-corrected chi connectivity index (χ1v) is 9.45. The summed E-state index contributed by atoms with van der Waals surface area (Å²) in [7, 11) is 1.64. The van der Waals surface area contributed by atoms with Crippen molar-refractivity contribution in [2.24, 2.45) is 0 Å². The molecule has 4 heteroatoms. The van der Waals surface area contributed by atoms with E-state index in [9.17, 15) is 4.79 Å². The Morgan fingerprint density at radius 3 is 2.52 bits per heavy atom. The van der Waals surface area contributed by atoms with Crippen LogP contribution in [0.1, 0.15) is 32.6 Å². The van der Waals surface area contributed by atoms with E-state index in [1.54, 1.807) is 19.3 Å². The van der Waals surface area contributed by atoms with Crippen LogP contribution < -0.4 is 14.2 Å². The molecule has 29 heavy (non-hydrogen) atoms. The molecule has 3 aromatic rings. The van der Waals surface area contributed by atoms with Gasteiger partial charge in [0.1, 0.15) is 23.9 Å². The quantitative estimate of drug-likeness (QED) is 0.543. The highest BCUT2D eigenvalue weighted by Crippen LogP contribution is 2.38. The van der Waals surface area contributed by atoms with Gasteiger partial charge in [0.2, 0.25) is 5.78 Å². The van der Waals surface area contributed by atoms with Crippen molar-refractivity contribution in [3.8, 4) is 17.2 Å². The van der Waals surface area contributed by atoms with Gasteiger partial charge in [-0.2, -0.15) is 0 Å². The zero-order valence-corrected chi connectivity index (χ0v) is 16.7. The van der Waals surface area contributed by atoms with E-state index < -0.39 is 0 Å². The van der Waals surface area contributed by atoms with Gasteiger partial charge >= 0.3 is 0 Å². The van der Waals surface area contributed by atoms with Crippen molar-refractivity contribution in [2.75, 3.05) is 7.11 Å². The molecule has 0 radical (unpaired) electrons. The third-order valence-electron chi connectivity index (χ3n) is 4.91. The minimum absolute atomic E-state index is 0.102. The molecule has 0 saturated heterocycles. The molecule has 0 N–H and O–H groups in total. The van der Waals surface area contributed by atoms with Crippen LogP contribution in [0.25, 0.3) is 6.08 Å². The Morgan fingerprint density at radius 2 is 1.76 bits per heavy atom. The Balaban J connectivity index is 1.57. The van der Waals surface area contributed by atoms with Gasteiger partial charge in [-0.1, -0.05) is 48.0 Å². The van der Waals surface area contributed by atoms with Crippen LogP contribution in [0.4, 0.5) is 0 Å². The number of carbonyl (C=O) groups excluding carboxylic acids is 1. The van der Waals surface area contributed by atoms with Gasteiger partial charge in [-0.05, 0) is 43.2 Å². The molecular formula is C25H22O4. The highest BCUT2D eigenvalue weighted by atomic mass is 16.5. The largest absolute Gasteiger partial charge is 0.496 e. The number of rotatable bonds is 5. The molecule has 4 nitrogen and oxygen atoms in total. The molecule has 3 aromatic carbocycles. The van der Waals surface area contributed by atoms with Crippen LogP contribution in [0, 0.1) is 13.8 Å². The van der Waals surface area contributed by atoms with Gasteiger partial charge in [0.05, 0.1) is 12.7 Å². The Labute approximate surface area is 170 Å². The minimum Gasteiger partial charge on any atom is -0.496 e. The second-order valence-electron chi connectivity index (χ2n) is 7.06. The van der Waals surface area contributed by atoms with E-state index >= 15 is 0 Å². The summed E-state index contributed by atoms with van der Waals surface area (Å²) < 4.78 is 17.2. The van der Waals surface area contributed by atoms with Gasteiger partial charge in [-0.25, -0.2) is 0 Å². The molecule has 1 aliphatic rings. The maximum atomic E-state index is 12.8. The van der Waals surface area contributed by atoms with Crippen LogP contribution in [0.3, 0.4) is 0 Å². The van der Waals surface area contributed by atoms with Crippen molar-refractivity contribution in [1.82, 2.24) is 0 Å². The fourth-order valence-electron chi connectivity index (χ4n) is 3.36. The smallest absolute Gasteiger partial charge is 0.232 e. The zero-order valence-electron chi connectivity index (χ0n) is 16.7. The number of benzene rings is 3. The summed E-state index contributed by atoms with van der Waals surface area (Å²) >= 11 is 0. The van der Waals surface area contributed by atoms with E-state index in [4.69, 9.17) is 14.2 Å². The Bertz CT molecular complexity index is 1090. The molecule has 4 rings (SSSR count). The molecule has 0 unspecified atom stereocenters. The third kappa shape index (κ3) is 3.87. The summed E-state index contributed by atoms with van der Waals surface area (Å²) in [5.74, 6) is 2.18. The number of para-hydroxylation sites is 1. The minimum atomic E-state index is -0.102. The van der Waals surface area contributed by atoms with Crippen LogP contribution in [-0.4, -0.2) is 12.9 Å². The molecule has 0 atom stereocenters. The number of Topliss-reactive ketones (excluding diaryl/α,β-unsaturated/α-hetero) is 1. The first-order chi connectivity index (χ1) is 14.0. The molecule has 0 amide bonds. The molecular weight excluding hydrogens is 364 g/mol. The lowest BCUT2D eigenvalue weighted by Crippen LogP contribution is -2.00. The first kappa shape index (κ1) is 18.8. The molecule has 0 spiro atoms. The van der Waals surface area contributed by atoms with Crippen molar-refractivity contribution in [3.63, 3.8) is 0 Å². The molecule has 1 heterocycles. The van der Waals surface area contributed by atoms with Crippen LogP contribution in [0.15, 0.2) is 66.4 Å². The standard InChI is InChI=1S/C25H22O4/c1-16-8-10-18(11-9-16)13-23-25(26)24-17(2)12-20(14-22(24)29-23)28-15-19-6-4-5-7-21(19)27-3/h4-14H,15H2,1-3H3/b23-13-. The van der Waals surface area contributed by atoms with Gasteiger partial charge in [0.25, 0.3) is 0 Å². The summed E-state index contributed by atoms with van der Waals surface area (Å²) in [5, 5.41) is 0. The van der Waals surface area contributed by atoms with Crippen molar-refractivity contribution >= 4 is 11.9 Å². The predicted molar refractivity (Wildman–Crippen MR) is 113 cm³/mol. The van der Waals surface area contributed by atoms with E-state index in [-0.39, 0.29) is 5.78 Å². The summed E-state index contributed by atoms with van der Waals surface area (Å²) in [5.41, 5.74) is 4.46. The lowest BCUT2D eigenvalue weighted by atomic mass is 10.0. The summed E-state index contributed by atoms with van der Waals surface area (Å²) in [6.07, 6.45) is 1.77. The topological polar surface area (TPSA) is 44.8 Å². The van der Waals surface area contributed by atoms with Gasteiger partial charge in [0.15, 0.2) is 5.76 Å². The third-order valence-corrected chi connectivity index (χ3v) is 4.91. The van der Waals surface area contributed by atoms with E-state index in [0.717, 1.165) is 22.4 Å². The van der Waals surface area contributed by atoms with Crippen LogP contribution in [0.2, 0.25) is 0 Å². The van der Waals surface area contributed by atoms with Crippen molar-refractivity contribution in [2.45, 2.75) is 20.5 Å². The lowest BCUT2D eigenvalue weighted by molar-refractivity contribution is 0.101. The fraction of sp³-hybridized carbons (Fsp3) is 0.160. The second-order valence-corrected chi connectivity index (χ2v) is 7.06. The molecule has 0 fully saturated rings. The SMILES string of the molecule is COc1ccccc1COc1cc(C)c2c(c1)O/C(=C\c1ccc(C)cc1)C2=O. The average molecular weight is 386 g/mol. The highest BCUT2D eigenvalue weighted by molar-refractivity contribution is 6.15. The number of ketones is 1. The van der Waals surface area contributed by atoms with E-state index in [0.29, 0.717) is 29.4 Å². The number of methoxy groups -OCH3 is 1. The number of carbonyl (C=O) groups is 1. The molecule has 0 aromatic heterocycles. The molecule has 146 valence electrons. The number of hydrogen-bond donors (Lipinski definition) is 0. The first-order valence-electron chi connectivity index (χ1n) is 9.45. The maximum Gasteiger partial charge on any atom is 0.232 e. The Morgan fingerprint density at radius 1 is 1.00 bits per heavy atom. The van der Waals surface area contributed by atoms with Gasteiger partial charge in [0, 0.05) is 11.6 Å². The Hall–Kier alpha value is -3.53. The summed E-state index contributed by atoms with van der Waals surface area (Å²) in [4.78, 5) is 12.8. The highest BCUT2D eigenvalue weighted by Gasteiger charge is 2.30. The van der Waals surface area contributed by atoms with Gasteiger partial charge in [-0.3, -0.25) is 4.79 Å². The zero-order chi connectivity index (χ0) is 20.4.